The van der Waals surface area contributed by atoms with E-state index in [2.05, 4.69) is 55.4 Å². The fourth-order valence-electron chi connectivity index (χ4n) is 2.82. The summed E-state index contributed by atoms with van der Waals surface area (Å²) in [6.45, 7) is 18.0. The second-order valence-corrected chi connectivity index (χ2v) is 6.96. The van der Waals surface area contributed by atoms with Gasteiger partial charge < -0.3 is 0 Å². The largest absolute Gasteiger partial charge is 0.140 e. The molecule has 1 heterocycles. The van der Waals surface area contributed by atoms with Crippen molar-refractivity contribution in [2.45, 2.75) is 55.4 Å². The predicted octanol–water partition coefficient (Wildman–Crippen LogP) is 5.88. The molecule has 0 aliphatic heterocycles. The Morgan fingerprint density at radius 1 is 0.474 bits per heavy atom. The van der Waals surface area contributed by atoms with E-state index in [0.717, 1.165) is 0 Å². The van der Waals surface area contributed by atoms with E-state index in [1.807, 2.05) is 11.3 Å². The van der Waals surface area contributed by atoms with Gasteiger partial charge in [0, 0.05) is 9.75 Å². The van der Waals surface area contributed by atoms with Gasteiger partial charge in [-0.25, -0.2) is 0 Å². The molecule has 1 aromatic carbocycles. The molecule has 0 aliphatic rings. The normalized spacial score (nSPS) is 11.2. The van der Waals surface area contributed by atoms with Gasteiger partial charge in [-0.1, -0.05) is 0 Å². The van der Waals surface area contributed by atoms with Crippen molar-refractivity contribution < 1.29 is 0 Å². The summed E-state index contributed by atoms with van der Waals surface area (Å²) in [6.07, 6.45) is 0. The van der Waals surface area contributed by atoms with E-state index in [1.54, 1.807) is 0 Å². The van der Waals surface area contributed by atoms with Gasteiger partial charge in [-0.05, 0) is 99.9 Å². The number of rotatable bonds is 1. The maximum Gasteiger partial charge on any atom is 0.0383 e. The summed E-state index contributed by atoms with van der Waals surface area (Å²) in [5.41, 5.74) is 11.6. The maximum absolute atomic E-state index is 2.27. The molecule has 0 unspecified atom stereocenters. The van der Waals surface area contributed by atoms with Crippen molar-refractivity contribution in [2.24, 2.45) is 0 Å². The van der Waals surface area contributed by atoms with E-state index in [0.29, 0.717) is 0 Å². The van der Waals surface area contributed by atoms with Crippen LogP contribution in [-0.4, -0.2) is 0 Å². The van der Waals surface area contributed by atoms with Crippen molar-refractivity contribution in [3.63, 3.8) is 0 Å². The Balaban J connectivity index is 2.87. The standard InChI is InChI=1S/C18H24S/c1-9-10(2)13(5)17(14(6)11(9)3)18-15(7)12(4)16(8)19-18/h1-8H3. The fraction of sp³-hybridized carbons (Fsp3) is 0.444. The summed E-state index contributed by atoms with van der Waals surface area (Å²) in [5, 5.41) is 0. The Morgan fingerprint density at radius 2 is 0.895 bits per heavy atom. The average Bonchev–Trinajstić information content (AvgIpc) is 2.62. The topological polar surface area (TPSA) is 0 Å². The molecule has 0 nitrogen and oxygen atoms in total. The van der Waals surface area contributed by atoms with Gasteiger partial charge >= 0.3 is 0 Å². The quantitative estimate of drug-likeness (QED) is 0.608. The molecular formula is C18H24S. The first-order valence-electron chi connectivity index (χ1n) is 6.91. The summed E-state index contributed by atoms with van der Waals surface area (Å²) < 4.78 is 0. The molecule has 0 spiro atoms. The van der Waals surface area contributed by atoms with E-state index < -0.39 is 0 Å². The van der Waals surface area contributed by atoms with Gasteiger partial charge in [0.1, 0.15) is 0 Å². The summed E-state index contributed by atoms with van der Waals surface area (Å²) in [5.74, 6) is 0. The van der Waals surface area contributed by atoms with Gasteiger partial charge in [0.05, 0.1) is 0 Å². The summed E-state index contributed by atoms with van der Waals surface area (Å²) in [4.78, 5) is 2.92. The number of benzene rings is 1. The maximum atomic E-state index is 2.27. The number of aryl methyl sites for hydroxylation is 1. The minimum Gasteiger partial charge on any atom is -0.140 e. The van der Waals surface area contributed by atoms with Gasteiger partial charge in [0.15, 0.2) is 0 Å². The summed E-state index contributed by atoms with van der Waals surface area (Å²) in [7, 11) is 0. The Bertz CT molecular complexity index is 628. The van der Waals surface area contributed by atoms with E-state index in [1.165, 1.54) is 54.3 Å². The molecule has 2 aromatic rings. The van der Waals surface area contributed by atoms with Crippen LogP contribution in [0.5, 0.6) is 0 Å². The minimum absolute atomic E-state index is 1.45. The van der Waals surface area contributed by atoms with Crippen LogP contribution in [0.15, 0.2) is 0 Å². The molecule has 1 heteroatoms. The third kappa shape index (κ3) is 2.04. The number of hydrogen-bond donors (Lipinski definition) is 0. The molecule has 0 bridgehead atoms. The monoisotopic (exact) mass is 272 g/mol. The Labute approximate surface area is 121 Å². The third-order valence-electron chi connectivity index (χ3n) is 4.91. The molecule has 0 aliphatic carbocycles. The lowest BCUT2D eigenvalue weighted by Crippen LogP contribution is -1.99. The van der Waals surface area contributed by atoms with Crippen LogP contribution in [0.3, 0.4) is 0 Å². The van der Waals surface area contributed by atoms with Crippen LogP contribution in [0.1, 0.15) is 43.8 Å². The molecule has 0 saturated heterocycles. The highest BCUT2D eigenvalue weighted by atomic mass is 32.1. The van der Waals surface area contributed by atoms with E-state index in [-0.39, 0.29) is 0 Å². The predicted molar refractivity (Wildman–Crippen MR) is 87.7 cm³/mol. The lowest BCUT2D eigenvalue weighted by atomic mass is 9.88. The van der Waals surface area contributed by atoms with Gasteiger partial charge in [0.25, 0.3) is 0 Å². The van der Waals surface area contributed by atoms with Crippen LogP contribution in [0.25, 0.3) is 10.4 Å². The van der Waals surface area contributed by atoms with Crippen molar-refractivity contribution in [3.8, 4) is 10.4 Å². The second kappa shape index (κ2) is 4.79. The van der Waals surface area contributed by atoms with Crippen LogP contribution >= 0.6 is 11.3 Å². The zero-order valence-corrected chi connectivity index (χ0v) is 14.2. The molecule has 0 amide bonds. The molecule has 0 saturated carbocycles. The SMILES string of the molecule is Cc1sc(-c2c(C)c(C)c(C)c(C)c2C)c(C)c1C. The average molecular weight is 272 g/mol. The molecule has 19 heavy (non-hydrogen) atoms. The number of thiophene rings is 1. The first-order valence-corrected chi connectivity index (χ1v) is 7.72. The highest BCUT2D eigenvalue weighted by Gasteiger charge is 2.18. The van der Waals surface area contributed by atoms with Crippen molar-refractivity contribution in [2.75, 3.05) is 0 Å². The third-order valence-corrected chi connectivity index (χ3v) is 6.24. The first kappa shape index (κ1) is 14.3. The molecule has 0 N–H and O–H groups in total. The zero-order valence-electron chi connectivity index (χ0n) is 13.4. The van der Waals surface area contributed by atoms with Gasteiger partial charge in [-0.2, -0.15) is 0 Å². The Hall–Kier alpha value is -1.08. The molecule has 0 radical (unpaired) electrons. The van der Waals surface area contributed by atoms with Gasteiger partial charge in [-0.15, -0.1) is 11.3 Å². The lowest BCUT2D eigenvalue weighted by Gasteiger charge is -2.18. The minimum atomic E-state index is 1.45. The first-order chi connectivity index (χ1) is 8.77. The van der Waals surface area contributed by atoms with E-state index in [4.69, 9.17) is 0 Å². The second-order valence-electron chi connectivity index (χ2n) is 5.74. The molecular weight excluding hydrogens is 248 g/mol. The Kier molecular flexibility index (Phi) is 3.61. The Morgan fingerprint density at radius 3 is 1.26 bits per heavy atom. The van der Waals surface area contributed by atoms with Crippen molar-refractivity contribution in [1.29, 1.82) is 0 Å². The zero-order chi connectivity index (χ0) is 14.5. The van der Waals surface area contributed by atoms with Gasteiger partial charge in [-0.3, -0.25) is 0 Å². The lowest BCUT2D eigenvalue weighted by molar-refractivity contribution is 1.18. The van der Waals surface area contributed by atoms with Crippen LogP contribution in [-0.2, 0) is 0 Å². The summed E-state index contributed by atoms with van der Waals surface area (Å²) in [6, 6.07) is 0. The van der Waals surface area contributed by atoms with Crippen LogP contribution < -0.4 is 0 Å². The molecule has 0 fully saturated rings. The van der Waals surface area contributed by atoms with Crippen LogP contribution in [0.4, 0.5) is 0 Å². The summed E-state index contributed by atoms with van der Waals surface area (Å²) >= 11 is 1.95. The van der Waals surface area contributed by atoms with Crippen molar-refractivity contribution in [3.05, 3.63) is 43.8 Å². The van der Waals surface area contributed by atoms with E-state index in [9.17, 15) is 0 Å². The number of hydrogen-bond acceptors (Lipinski definition) is 1. The molecule has 0 atom stereocenters. The van der Waals surface area contributed by atoms with Crippen molar-refractivity contribution in [1.82, 2.24) is 0 Å². The molecule has 1 aromatic heterocycles. The van der Waals surface area contributed by atoms with Crippen LogP contribution in [0, 0.1) is 55.4 Å². The smallest absolute Gasteiger partial charge is 0.0383 e. The van der Waals surface area contributed by atoms with Crippen LogP contribution in [0.2, 0.25) is 0 Å². The van der Waals surface area contributed by atoms with Gasteiger partial charge in [0.2, 0.25) is 0 Å². The highest BCUT2D eigenvalue weighted by Crippen LogP contribution is 2.41. The van der Waals surface area contributed by atoms with E-state index >= 15 is 0 Å². The fourth-order valence-corrected chi connectivity index (χ4v) is 4.15. The molecule has 2 rings (SSSR count). The van der Waals surface area contributed by atoms with Crippen molar-refractivity contribution >= 4 is 11.3 Å². The molecule has 102 valence electrons. The highest BCUT2D eigenvalue weighted by molar-refractivity contribution is 7.15.